The van der Waals surface area contributed by atoms with Gasteiger partial charge in [0.05, 0.1) is 13.7 Å². The van der Waals surface area contributed by atoms with Gasteiger partial charge in [0.15, 0.2) is 0 Å². The number of rotatable bonds is 22. The Balaban J connectivity index is 0. The van der Waals surface area contributed by atoms with E-state index < -0.39 is 11.9 Å². The Labute approximate surface area is 220 Å². The van der Waals surface area contributed by atoms with E-state index in [1.807, 2.05) is 0 Å². The van der Waals surface area contributed by atoms with E-state index in [0.717, 1.165) is 12.5 Å². The monoisotopic (exact) mass is 508 g/mol. The van der Waals surface area contributed by atoms with Crippen LogP contribution in [0.15, 0.2) is 36.5 Å². The van der Waals surface area contributed by atoms with Gasteiger partial charge < -0.3 is 14.6 Å². The van der Waals surface area contributed by atoms with Gasteiger partial charge in [-0.05, 0) is 19.8 Å². The maximum atomic E-state index is 11.2. The van der Waals surface area contributed by atoms with Crippen molar-refractivity contribution in [2.75, 3.05) is 13.7 Å². The minimum atomic E-state index is -1.05. The predicted molar refractivity (Wildman–Crippen MR) is 148 cm³/mol. The number of unbranched alkanes of at least 4 members (excludes halogenated alkanes) is 15. The molecule has 0 saturated heterocycles. The summed E-state index contributed by atoms with van der Waals surface area (Å²) in [6.07, 6.45) is 24.2. The second-order valence-corrected chi connectivity index (χ2v) is 9.26. The summed E-state index contributed by atoms with van der Waals surface area (Å²) in [5.41, 5.74) is 0.724. The molecule has 0 spiro atoms. The lowest BCUT2D eigenvalue weighted by atomic mass is 10.0. The highest BCUT2D eigenvalue weighted by atomic mass is 16.5. The van der Waals surface area contributed by atoms with Crippen LogP contribution in [-0.4, -0.2) is 36.7 Å². The Kier molecular flexibility index (Phi) is 27.1. The van der Waals surface area contributed by atoms with Crippen LogP contribution >= 0.6 is 0 Å². The zero-order valence-corrected chi connectivity index (χ0v) is 23.3. The lowest BCUT2D eigenvalue weighted by molar-refractivity contribution is -0.139. The molecule has 0 heterocycles. The molecule has 0 atom stereocenters. The van der Waals surface area contributed by atoms with E-state index in [4.69, 9.17) is 9.84 Å². The molecule has 0 unspecified atom stereocenters. The molecule has 0 amide bonds. The summed E-state index contributed by atoms with van der Waals surface area (Å²) in [5.74, 6) is -1.83. The number of carboxylic acid groups (broad SMARTS) is 1. The van der Waals surface area contributed by atoms with E-state index in [0.29, 0.717) is 12.2 Å². The highest BCUT2D eigenvalue weighted by Gasteiger charge is 2.03. The van der Waals surface area contributed by atoms with E-state index in [1.165, 1.54) is 109 Å². The fourth-order valence-corrected chi connectivity index (χ4v) is 3.47. The van der Waals surface area contributed by atoms with Gasteiger partial charge in [-0.2, -0.15) is 0 Å². The van der Waals surface area contributed by atoms with Crippen molar-refractivity contribution in [2.45, 2.75) is 123 Å². The van der Waals surface area contributed by atoms with E-state index in [9.17, 15) is 14.4 Å². The Bertz CT molecular complexity index is 635. The molecule has 208 valence electrons. The Morgan fingerprint density at radius 3 is 1.50 bits per heavy atom. The normalized spacial score (nSPS) is 10.4. The summed E-state index contributed by atoms with van der Waals surface area (Å²) in [7, 11) is 1.24. The van der Waals surface area contributed by atoms with Crippen LogP contribution in [-0.2, 0) is 23.9 Å². The number of carbonyl (C=O) groups is 3. The maximum absolute atomic E-state index is 11.2. The summed E-state index contributed by atoms with van der Waals surface area (Å²) in [6, 6.07) is 0. The number of methoxy groups -OCH3 is 1. The topological polar surface area (TPSA) is 89.9 Å². The van der Waals surface area contributed by atoms with Crippen molar-refractivity contribution in [1.82, 2.24) is 0 Å². The Morgan fingerprint density at radius 2 is 1.14 bits per heavy atom. The average molecular weight is 509 g/mol. The van der Waals surface area contributed by atoms with Gasteiger partial charge in [-0.3, -0.25) is 0 Å². The first kappa shape index (κ1) is 35.8. The molecule has 0 aromatic rings. The molecule has 0 fully saturated rings. The quantitative estimate of drug-likeness (QED) is 0.0902. The fraction of sp³-hybridized carbons (Fsp3) is 0.700. The Morgan fingerprint density at radius 1 is 0.722 bits per heavy atom. The van der Waals surface area contributed by atoms with Crippen LogP contribution in [0.4, 0.5) is 0 Å². The van der Waals surface area contributed by atoms with Crippen molar-refractivity contribution in [1.29, 1.82) is 0 Å². The van der Waals surface area contributed by atoms with Crippen LogP contribution in [0.1, 0.15) is 123 Å². The summed E-state index contributed by atoms with van der Waals surface area (Å²) in [4.78, 5) is 31.9. The second-order valence-electron chi connectivity index (χ2n) is 9.26. The third kappa shape index (κ3) is 27.9. The van der Waals surface area contributed by atoms with E-state index in [-0.39, 0.29) is 18.0 Å². The SMILES string of the molecule is C=C(C)C(=O)OCCCCCCCCCCCCCCCCCC.C=C(CC=CC(=O)O)C(=O)OC. The molecule has 0 rings (SSSR count). The highest BCUT2D eigenvalue weighted by Crippen LogP contribution is 2.13. The molecule has 0 aliphatic carbocycles. The van der Waals surface area contributed by atoms with Crippen molar-refractivity contribution < 1.29 is 29.0 Å². The van der Waals surface area contributed by atoms with Crippen LogP contribution in [0.3, 0.4) is 0 Å². The van der Waals surface area contributed by atoms with Gasteiger partial charge in [-0.25, -0.2) is 14.4 Å². The van der Waals surface area contributed by atoms with Gasteiger partial charge >= 0.3 is 17.9 Å². The van der Waals surface area contributed by atoms with Crippen molar-refractivity contribution in [3.05, 3.63) is 36.5 Å². The fourth-order valence-electron chi connectivity index (χ4n) is 3.47. The molecule has 0 aromatic heterocycles. The summed E-state index contributed by atoms with van der Waals surface area (Å²) in [5, 5.41) is 8.19. The number of hydrogen-bond acceptors (Lipinski definition) is 5. The molecule has 0 bridgehead atoms. The minimum absolute atomic E-state index is 0.193. The minimum Gasteiger partial charge on any atom is -0.478 e. The first-order valence-corrected chi connectivity index (χ1v) is 13.7. The van der Waals surface area contributed by atoms with Crippen molar-refractivity contribution in [3.8, 4) is 0 Å². The zero-order chi connectivity index (χ0) is 27.4. The third-order valence-electron chi connectivity index (χ3n) is 5.68. The van der Waals surface area contributed by atoms with E-state index in [2.05, 4.69) is 24.8 Å². The molecule has 0 radical (unpaired) electrons. The standard InChI is InChI=1S/C22H42O2.C8H10O4/c1-4-5-6-7-8-9-10-11-12-13-14-15-16-17-18-19-20-24-22(23)21(2)3;1-6(8(11)12-2)4-3-5-7(9)10/h2,4-20H2,1,3H3;3,5H,1,4H2,2H3,(H,9,10). The molecule has 36 heavy (non-hydrogen) atoms. The summed E-state index contributed by atoms with van der Waals surface area (Å²) in [6.45, 7) is 11.5. The zero-order valence-electron chi connectivity index (χ0n) is 23.3. The molecule has 1 N–H and O–H groups in total. The van der Waals surface area contributed by atoms with E-state index in [1.54, 1.807) is 6.92 Å². The maximum Gasteiger partial charge on any atom is 0.333 e. The largest absolute Gasteiger partial charge is 0.478 e. The lowest BCUT2D eigenvalue weighted by Crippen LogP contribution is -2.05. The number of carbonyl (C=O) groups excluding carboxylic acids is 2. The summed E-state index contributed by atoms with van der Waals surface area (Å²) < 4.78 is 9.43. The van der Waals surface area contributed by atoms with Gasteiger partial charge in [0.1, 0.15) is 0 Å². The van der Waals surface area contributed by atoms with Crippen LogP contribution in [0.25, 0.3) is 0 Å². The van der Waals surface area contributed by atoms with Crippen LogP contribution < -0.4 is 0 Å². The highest BCUT2D eigenvalue weighted by molar-refractivity contribution is 5.88. The number of allylic oxidation sites excluding steroid dienone is 1. The molecule has 0 aromatic carbocycles. The van der Waals surface area contributed by atoms with Crippen molar-refractivity contribution in [3.63, 3.8) is 0 Å². The van der Waals surface area contributed by atoms with E-state index >= 15 is 0 Å². The molecule has 0 aliphatic rings. The first-order valence-electron chi connectivity index (χ1n) is 13.7. The number of aliphatic carboxylic acids is 1. The van der Waals surface area contributed by atoms with Crippen LogP contribution in [0.2, 0.25) is 0 Å². The van der Waals surface area contributed by atoms with Crippen molar-refractivity contribution >= 4 is 17.9 Å². The predicted octanol–water partition coefficient (Wildman–Crippen LogP) is 8.11. The molecular formula is C30H52O6. The second kappa shape index (κ2) is 27.2. The molecule has 0 saturated carbocycles. The van der Waals surface area contributed by atoms with Gasteiger partial charge in [0.25, 0.3) is 0 Å². The van der Waals surface area contributed by atoms with Gasteiger partial charge in [0, 0.05) is 17.2 Å². The van der Waals surface area contributed by atoms with Crippen molar-refractivity contribution in [2.24, 2.45) is 0 Å². The number of carboxylic acids is 1. The van der Waals surface area contributed by atoms with Crippen LogP contribution in [0, 0.1) is 0 Å². The summed E-state index contributed by atoms with van der Waals surface area (Å²) >= 11 is 0. The molecule has 6 nitrogen and oxygen atoms in total. The number of esters is 2. The molecular weight excluding hydrogens is 456 g/mol. The molecule has 0 aliphatic heterocycles. The molecule has 6 heteroatoms. The average Bonchev–Trinajstić information content (AvgIpc) is 2.85. The number of ether oxygens (including phenoxy) is 2. The van der Waals surface area contributed by atoms with Crippen LogP contribution in [0.5, 0.6) is 0 Å². The third-order valence-corrected chi connectivity index (χ3v) is 5.68. The smallest absolute Gasteiger partial charge is 0.333 e. The van der Waals surface area contributed by atoms with Gasteiger partial charge in [0.2, 0.25) is 0 Å². The van der Waals surface area contributed by atoms with Gasteiger partial charge in [-0.1, -0.05) is 122 Å². The lowest BCUT2D eigenvalue weighted by Gasteiger charge is -2.05. The number of hydrogen-bond donors (Lipinski definition) is 1. The first-order chi connectivity index (χ1) is 17.3. The Hall–Kier alpha value is -2.37. The van der Waals surface area contributed by atoms with Gasteiger partial charge in [-0.15, -0.1) is 0 Å².